The molecule has 4 saturated heterocycles. The van der Waals surface area contributed by atoms with E-state index in [1.54, 1.807) is 11.3 Å². The van der Waals surface area contributed by atoms with Gasteiger partial charge in [-0.25, -0.2) is 4.98 Å². The van der Waals surface area contributed by atoms with Crippen LogP contribution < -0.4 is 25.2 Å². The first-order valence-corrected chi connectivity index (χ1v) is 28.4. The Kier molecular flexibility index (Phi) is 13.9. The molecule has 1 aliphatic carbocycles. The summed E-state index contributed by atoms with van der Waals surface area (Å²) in [5.41, 5.74) is 9.68. The fourth-order valence-electron chi connectivity index (χ4n) is 13.0. The van der Waals surface area contributed by atoms with Crippen molar-refractivity contribution in [1.29, 1.82) is 0 Å². The summed E-state index contributed by atoms with van der Waals surface area (Å²) in [5, 5.41) is 36.0. The molecule has 5 aliphatic rings. The van der Waals surface area contributed by atoms with Crippen LogP contribution in [0.25, 0.3) is 43.4 Å². The summed E-state index contributed by atoms with van der Waals surface area (Å²) in [7, 11) is 2.01. The van der Waals surface area contributed by atoms with Crippen molar-refractivity contribution in [3.8, 4) is 33.5 Å². The molecule has 17 nitrogen and oxygen atoms in total. The van der Waals surface area contributed by atoms with Gasteiger partial charge in [0.15, 0.2) is 11.6 Å². The Hall–Kier alpha value is -6.73. The second-order valence-electron chi connectivity index (χ2n) is 22.7. The number of nitrogens with one attached hydrogen (secondary N) is 2. The largest absolute Gasteiger partial charge is 0.508 e. The number of aliphatic hydroxyl groups excluding tert-OH is 1. The number of hydrogen-bond acceptors (Lipinski definition) is 16. The van der Waals surface area contributed by atoms with Gasteiger partial charge in [0.1, 0.15) is 30.1 Å². The molecule has 7 aromatic rings. The Morgan fingerprint density at radius 2 is 1.77 bits per heavy atom. The number of rotatable bonds is 15. The number of benzene rings is 3. The second kappa shape index (κ2) is 20.9. The summed E-state index contributed by atoms with van der Waals surface area (Å²) in [5.74, 6) is 1.23. The number of carbonyl (C=O) groups is 2. The Labute approximate surface area is 453 Å². The topological polar surface area (TPSA) is 198 Å². The molecule has 4 aliphatic heterocycles. The second-order valence-corrected chi connectivity index (χ2v) is 23.5. The van der Waals surface area contributed by atoms with Crippen LogP contribution in [-0.4, -0.2) is 141 Å². The van der Waals surface area contributed by atoms with E-state index in [-0.39, 0.29) is 48.4 Å². The molecule has 4 fully saturated rings. The van der Waals surface area contributed by atoms with Crippen molar-refractivity contribution in [3.05, 3.63) is 101 Å². The first kappa shape index (κ1) is 51.1. The normalized spacial score (nSPS) is 22.2. The molecule has 2 amide bonds. The number of carbonyl (C=O) groups excluding carboxylic acids is 2. The lowest BCUT2D eigenvalue weighted by atomic mass is 9.79. The number of β-amino-alcohol motifs (C(OH)–C–C–N with tert-alkyl or cyclic N) is 1. The highest BCUT2D eigenvalue weighted by molar-refractivity contribution is 7.13. The van der Waals surface area contributed by atoms with Gasteiger partial charge in [-0.2, -0.15) is 9.97 Å². The van der Waals surface area contributed by atoms with Gasteiger partial charge >= 0.3 is 6.01 Å². The maximum atomic E-state index is 14.5. The van der Waals surface area contributed by atoms with Crippen molar-refractivity contribution < 1.29 is 29.1 Å². The zero-order valence-corrected chi connectivity index (χ0v) is 45.6. The maximum absolute atomic E-state index is 14.5. The van der Waals surface area contributed by atoms with Gasteiger partial charge < -0.3 is 44.8 Å². The van der Waals surface area contributed by atoms with E-state index in [1.165, 1.54) is 10.5 Å². The number of anilines is 2. The molecule has 18 heteroatoms. The number of phenolic OH excluding ortho intramolecular Hbond substituents is 1. The number of piperazine rings is 1. The minimum atomic E-state index is -0.819. The molecule has 77 heavy (non-hydrogen) atoms. The van der Waals surface area contributed by atoms with Crippen LogP contribution in [0.4, 0.5) is 11.6 Å². The molecule has 3 aromatic carbocycles. The highest BCUT2D eigenvalue weighted by Crippen LogP contribution is 2.49. The Balaban J connectivity index is 0.673. The Morgan fingerprint density at radius 3 is 2.51 bits per heavy atom. The molecule has 402 valence electrons. The molecule has 8 heterocycles. The number of amides is 2. The average molecular weight is 1060 g/mol. The van der Waals surface area contributed by atoms with Crippen LogP contribution in [-0.2, 0) is 9.59 Å². The highest BCUT2D eigenvalue weighted by Gasteiger charge is 2.44. The smallest absolute Gasteiger partial charge is 0.319 e. The van der Waals surface area contributed by atoms with E-state index in [0.717, 1.165) is 131 Å². The molecule has 2 bridgehead atoms. The highest BCUT2D eigenvalue weighted by atomic mass is 32.1. The van der Waals surface area contributed by atoms with Crippen LogP contribution in [0.2, 0.25) is 0 Å². The standard InChI is InChI=1S/C59H69N11O6S/c1-32(2)50(58(74)70-30-43(72)24-47(70)57(73)62-34(4)37-10-12-38(13-11-37)55-35(5)61-31-77-55)48-25-49(66-76-48)67(6)27-36-16-18-68(19-17-36)20-21-75-59-64-54-46(56(65-59)69-28-40-14-15-41(29-69)63-40)26-60-53-45-23-42(71)22-39-8-7-9-44(52(39)45)33(3)51(53)54/h7-13,22-23,25-26,31-34,36,40-41,43,47,50,63,71-72H,14-21,24,27-30H2,1-6H3,(H,62,73)/t33?,34-,40?,41?,43+,47-,50+/m0/s1. The minimum Gasteiger partial charge on any atom is -0.508 e. The van der Waals surface area contributed by atoms with E-state index in [4.69, 9.17) is 24.2 Å². The monoisotopic (exact) mass is 1060 g/mol. The van der Waals surface area contributed by atoms with Gasteiger partial charge in [-0.3, -0.25) is 19.5 Å². The quantitative estimate of drug-likeness (QED) is 0.0766. The van der Waals surface area contributed by atoms with Crippen LogP contribution in [0, 0.1) is 18.8 Å². The fraction of sp³-hybridized carbons (Fsp3) is 0.475. The van der Waals surface area contributed by atoms with E-state index in [0.29, 0.717) is 42.2 Å². The Bertz CT molecular complexity index is 3330. The van der Waals surface area contributed by atoms with E-state index in [2.05, 4.69) is 54.5 Å². The average Bonchev–Trinajstić information content (AvgIpc) is 4.38. The number of aromatic nitrogens is 5. The number of ether oxygens (including phenoxy) is 1. The number of thiazole rings is 1. The van der Waals surface area contributed by atoms with Crippen molar-refractivity contribution >= 4 is 56.5 Å². The summed E-state index contributed by atoms with van der Waals surface area (Å²) >= 11 is 1.60. The number of hydrogen-bond donors (Lipinski definition) is 4. The van der Waals surface area contributed by atoms with E-state index < -0.39 is 18.1 Å². The molecule has 0 spiro atoms. The van der Waals surface area contributed by atoms with Gasteiger partial charge in [-0.05, 0) is 104 Å². The maximum Gasteiger partial charge on any atom is 0.319 e. The molecule has 0 saturated carbocycles. The predicted octanol–water partition coefficient (Wildman–Crippen LogP) is 8.18. The third-order valence-electron chi connectivity index (χ3n) is 17.1. The summed E-state index contributed by atoms with van der Waals surface area (Å²) in [6, 6.07) is 20.0. The van der Waals surface area contributed by atoms with Gasteiger partial charge in [0.05, 0.1) is 44.8 Å². The summed E-state index contributed by atoms with van der Waals surface area (Å²) < 4.78 is 12.5. The first-order valence-electron chi connectivity index (χ1n) is 27.5. The van der Waals surface area contributed by atoms with Crippen molar-refractivity contribution in [2.75, 3.05) is 69.3 Å². The number of pyridine rings is 1. The van der Waals surface area contributed by atoms with Crippen molar-refractivity contribution in [1.82, 2.24) is 45.5 Å². The SMILES string of the molecule is Cc1ncsc1-c1ccc([C@H](C)NC(=O)[C@@H]2C[C@@H](O)CN2C(=O)[C@@H](c2cc(N(C)CC3CCN(CCOc4nc(N5CC6CCC(C5)N6)c5cnc6c(c5n4)C(C)c4cccc5cc(O)cc-6c45)CC3)no2)C(C)C)cc1. The third kappa shape index (κ3) is 9.86. The molecule has 4 aromatic heterocycles. The zero-order valence-electron chi connectivity index (χ0n) is 44.8. The van der Waals surface area contributed by atoms with E-state index >= 15 is 0 Å². The van der Waals surface area contributed by atoms with Crippen LogP contribution >= 0.6 is 11.3 Å². The number of nitrogens with zero attached hydrogens (tertiary/aromatic N) is 9. The molecule has 3 unspecified atom stereocenters. The van der Waals surface area contributed by atoms with E-state index in [1.807, 2.05) is 95.0 Å². The molecule has 4 N–H and O–H groups in total. The molecular weight excluding hydrogens is 991 g/mol. The lowest BCUT2D eigenvalue weighted by Gasteiger charge is -2.35. The van der Waals surface area contributed by atoms with Gasteiger partial charge in [-0.1, -0.05) is 68.4 Å². The van der Waals surface area contributed by atoms with Gasteiger partial charge in [0, 0.05) is 87.6 Å². The van der Waals surface area contributed by atoms with Crippen LogP contribution in [0.15, 0.2) is 76.9 Å². The van der Waals surface area contributed by atoms with Gasteiger partial charge in [-0.15, -0.1) is 11.3 Å². The summed E-state index contributed by atoms with van der Waals surface area (Å²) in [6.07, 6.45) is 5.58. The first-order chi connectivity index (χ1) is 37.2. The zero-order chi connectivity index (χ0) is 53.2. The van der Waals surface area contributed by atoms with Crippen LogP contribution in [0.1, 0.15) is 106 Å². The number of phenols is 1. The number of piperidine rings is 1. The van der Waals surface area contributed by atoms with Crippen molar-refractivity contribution in [2.24, 2.45) is 11.8 Å². The molecule has 0 radical (unpaired) electrons. The lowest BCUT2D eigenvalue weighted by molar-refractivity contribution is -0.141. The molecule has 12 rings (SSSR count). The predicted molar refractivity (Wildman–Crippen MR) is 299 cm³/mol. The van der Waals surface area contributed by atoms with Crippen LogP contribution in [0.5, 0.6) is 11.8 Å². The fourth-order valence-corrected chi connectivity index (χ4v) is 13.8. The molecular formula is C59H69N11O6S. The Morgan fingerprint density at radius 1 is 0.987 bits per heavy atom. The number of aryl methyl sites for hydroxylation is 1. The number of aromatic hydroxyl groups is 1. The summed E-state index contributed by atoms with van der Waals surface area (Å²) in [6.45, 7) is 15.7. The van der Waals surface area contributed by atoms with Crippen LogP contribution in [0.3, 0.4) is 0 Å². The lowest BCUT2D eigenvalue weighted by Crippen LogP contribution is -2.51. The number of likely N-dealkylation sites (tertiary alicyclic amines) is 2. The van der Waals surface area contributed by atoms with Crippen molar-refractivity contribution in [2.45, 2.75) is 109 Å². The minimum absolute atomic E-state index is 0.0137. The number of aliphatic hydroxyl groups is 1. The number of fused-ring (bicyclic) bond motifs is 6. The van der Waals surface area contributed by atoms with Gasteiger partial charge in [0.25, 0.3) is 0 Å². The van der Waals surface area contributed by atoms with Crippen molar-refractivity contribution in [3.63, 3.8) is 0 Å². The molecule has 7 atom stereocenters. The van der Waals surface area contributed by atoms with E-state index in [9.17, 15) is 19.8 Å². The third-order valence-corrected chi connectivity index (χ3v) is 18.0. The van der Waals surface area contributed by atoms with Gasteiger partial charge in [0.2, 0.25) is 11.8 Å². The summed E-state index contributed by atoms with van der Waals surface area (Å²) in [4.78, 5) is 57.7.